The molecule has 0 saturated heterocycles. The summed E-state index contributed by atoms with van der Waals surface area (Å²) in [6.07, 6.45) is 3.92. The molecule has 0 unspecified atom stereocenters. The minimum Gasteiger partial charge on any atom is -0.381 e. The summed E-state index contributed by atoms with van der Waals surface area (Å²) >= 11 is 0. The Morgan fingerprint density at radius 1 is 0.591 bits per heavy atom. The lowest BCUT2D eigenvalue weighted by molar-refractivity contribution is -0.191. The molecule has 0 bridgehead atoms. The van der Waals surface area contributed by atoms with Gasteiger partial charge in [0.1, 0.15) is 11.2 Å². The fourth-order valence-electron chi connectivity index (χ4n) is 3.92. The topological polar surface area (TPSA) is 40.5 Å². The van der Waals surface area contributed by atoms with E-state index in [1.54, 1.807) is 0 Å². The van der Waals surface area contributed by atoms with Crippen molar-refractivity contribution in [2.75, 3.05) is 0 Å². The van der Waals surface area contributed by atoms with Gasteiger partial charge in [-0.15, -0.1) is 0 Å². The van der Waals surface area contributed by atoms with E-state index in [0.29, 0.717) is 0 Å². The highest BCUT2D eigenvalue weighted by molar-refractivity contribution is 5.38. The zero-order valence-electron chi connectivity index (χ0n) is 12.7. The molecule has 2 aliphatic rings. The van der Waals surface area contributed by atoms with E-state index >= 15 is 0 Å². The Balaban J connectivity index is 1.90. The maximum Gasteiger partial charge on any atom is 0.125 e. The summed E-state index contributed by atoms with van der Waals surface area (Å²) in [5.41, 5.74) is -0.709. The van der Waals surface area contributed by atoms with Gasteiger partial charge in [0.25, 0.3) is 0 Å². The van der Waals surface area contributed by atoms with Gasteiger partial charge in [-0.1, -0.05) is 60.7 Å². The Morgan fingerprint density at radius 3 is 1.18 bits per heavy atom. The van der Waals surface area contributed by atoms with Gasteiger partial charge >= 0.3 is 0 Å². The molecule has 0 aromatic heterocycles. The molecule has 0 amide bonds. The van der Waals surface area contributed by atoms with Crippen molar-refractivity contribution in [1.29, 1.82) is 0 Å². The van der Waals surface area contributed by atoms with Crippen molar-refractivity contribution >= 4 is 0 Å². The van der Waals surface area contributed by atoms with Crippen LogP contribution in [0.25, 0.3) is 0 Å². The smallest absolute Gasteiger partial charge is 0.125 e. The Hall–Kier alpha value is -1.64. The van der Waals surface area contributed by atoms with E-state index in [9.17, 15) is 10.2 Å². The summed E-state index contributed by atoms with van der Waals surface area (Å²) in [7, 11) is 0. The molecule has 2 atom stereocenters. The van der Waals surface area contributed by atoms with Crippen molar-refractivity contribution in [2.24, 2.45) is 11.8 Å². The first-order chi connectivity index (χ1) is 10.7. The molecular formula is C20H22O2. The molecule has 2 aliphatic carbocycles. The SMILES string of the molecule is O[C@](c1ccccc1)(C1CC1)[C@](O)(c1ccccc1)C1CC1. The van der Waals surface area contributed by atoms with Crippen molar-refractivity contribution in [3.63, 3.8) is 0 Å². The molecule has 2 N–H and O–H groups in total. The molecule has 22 heavy (non-hydrogen) atoms. The summed E-state index contributed by atoms with van der Waals surface area (Å²) in [5.74, 6) is 0.279. The van der Waals surface area contributed by atoms with Crippen LogP contribution in [-0.2, 0) is 11.2 Å². The monoisotopic (exact) mass is 294 g/mol. The van der Waals surface area contributed by atoms with E-state index in [1.165, 1.54) is 0 Å². The average Bonchev–Trinajstić information content (AvgIpc) is 3.46. The van der Waals surface area contributed by atoms with Gasteiger partial charge in [-0.25, -0.2) is 0 Å². The largest absolute Gasteiger partial charge is 0.381 e. The second kappa shape index (κ2) is 4.94. The van der Waals surface area contributed by atoms with Crippen molar-refractivity contribution < 1.29 is 10.2 Å². The zero-order valence-corrected chi connectivity index (χ0v) is 12.7. The van der Waals surface area contributed by atoms with Crippen molar-refractivity contribution in [1.82, 2.24) is 0 Å². The van der Waals surface area contributed by atoms with E-state index in [0.717, 1.165) is 36.8 Å². The van der Waals surface area contributed by atoms with E-state index in [4.69, 9.17) is 0 Å². The van der Waals surface area contributed by atoms with Gasteiger partial charge in [-0.05, 0) is 48.6 Å². The van der Waals surface area contributed by atoms with Crippen LogP contribution in [0.3, 0.4) is 0 Å². The quantitative estimate of drug-likeness (QED) is 0.885. The molecule has 114 valence electrons. The zero-order chi connectivity index (χ0) is 15.2. The molecule has 2 nitrogen and oxygen atoms in total. The predicted octanol–water partition coefficient (Wildman–Crippen LogP) is 3.58. The normalized spacial score (nSPS) is 23.5. The second-order valence-corrected chi connectivity index (χ2v) is 6.81. The fraction of sp³-hybridized carbons (Fsp3) is 0.400. The van der Waals surface area contributed by atoms with E-state index < -0.39 is 11.2 Å². The first-order valence-electron chi connectivity index (χ1n) is 8.23. The number of hydrogen-bond donors (Lipinski definition) is 2. The van der Waals surface area contributed by atoms with E-state index in [2.05, 4.69) is 0 Å². The maximum atomic E-state index is 11.8. The fourth-order valence-corrected chi connectivity index (χ4v) is 3.92. The summed E-state index contributed by atoms with van der Waals surface area (Å²) in [4.78, 5) is 0. The van der Waals surface area contributed by atoms with Crippen LogP contribution in [0.2, 0.25) is 0 Å². The molecular weight excluding hydrogens is 272 g/mol. The van der Waals surface area contributed by atoms with Gasteiger partial charge in [0.05, 0.1) is 0 Å². The Morgan fingerprint density at radius 2 is 0.909 bits per heavy atom. The lowest BCUT2D eigenvalue weighted by atomic mass is 9.68. The number of rotatable bonds is 5. The van der Waals surface area contributed by atoms with Gasteiger partial charge in [0, 0.05) is 0 Å². The van der Waals surface area contributed by atoms with Crippen LogP contribution in [0.4, 0.5) is 0 Å². The Bertz CT molecular complexity index is 586. The molecule has 0 heterocycles. The highest BCUT2D eigenvalue weighted by Crippen LogP contribution is 2.62. The first kappa shape index (κ1) is 14.0. The third kappa shape index (κ3) is 1.94. The van der Waals surface area contributed by atoms with Crippen molar-refractivity contribution in [3.05, 3.63) is 71.8 Å². The minimum absolute atomic E-state index is 0.140. The van der Waals surface area contributed by atoms with Gasteiger partial charge in [0.2, 0.25) is 0 Å². The Kier molecular flexibility index (Phi) is 3.14. The lowest BCUT2D eigenvalue weighted by Crippen LogP contribution is -2.52. The third-order valence-corrected chi connectivity index (χ3v) is 5.35. The molecule has 0 radical (unpaired) electrons. The van der Waals surface area contributed by atoms with Crippen LogP contribution in [0, 0.1) is 11.8 Å². The molecule has 2 aromatic carbocycles. The second-order valence-electron chi connectivity index (χ2n) is 6.81. The van der Waals surface area contributed by atoms with Crippen LogP contribution in [0.15, 0.2) is 60.7 Å². The highest BCUT2D eigenvalue weighted by atomic mass is 16.4. The van der Waals surface area contributed by atoms with E-state index in [-0.39, 0.29) is 11.8 Å². The van der Waals surface area contributed by atoms with Gasteiger partial charge in [-0.2, -0.15) is 0 Å². The van der Waals surface area contributed by atoms with Gasteiger partial charge in [0.15, 0.2) is 0 Å². The van der Waals surface area contributed by atoms with E-state index in [1.807, 2.05) is 60.7 Å². The number of aliphatic hydroxyl groups is 2. The van der Waals surface area contributed by atoms with Gasteiger partial charge < -0.3 is 10.2 Å². The average molecular weight is 294 g/mol. The minimum atomic E-state index is -1.20. The van der Waals surface area contributed by atoms with Crippen LogP contribution in [0.5, 0.6) is 0 Å². The number of benzene rings is 2. The highest BCUT2D eigenvalue weighted by Gasteiger charge is 2.64. The summed E-state index contributed by atoms with van der Waals surface area (Å²) in [5, 5.41) is 23.5. The third-order valence-electron chi connectivity index (χ3n) is 5.35. The molecule has 0 aliphatic heterocycles. The molecule has 2 aromatic rings. The maximum absolute atomic E-state index is 11.8. The van der Waals surface area contributed by atoms with Crippen LogP contribution in [-0.4, -0.2) is 10.2 Å². The first-order valence-corrected chi connectivity index (χ1v) is 8.23. The van der Waals surface area contributed by atoms with Gasteiger partial charge in [-0.3, -0.25) is 0 Å². The standard InChI is InChI=1S/C20H22O2/c21-19(17-11-12-17,15-7-3-1-4-8-15)20(22,18-13-14-18)16-9-5-2-6-10-16/h1-10,17-18,21-22H,11-14H2/t19-,20+. The molecule has 2 saturated carbocycles. The van der Waals surface area contributed by atoms with Crippen LogP contribution < -0.4 is 0 Å². The molecule has 2 fully saturated rings. The predicted molar refractivity (Wildman–Crippen MR) is 86.1 cm³/mol. The summed E-state index contributed by atoms with van der Waals surface area (Å²) in [6.45, 7) is 0. The summed E-state index contributed by atoms with van der Waals surface area (Å²) in [6, 6.07) is 19.5. The molecule has 0 spiro atoms. The molecule has 2 heteroatoms. The molecule has 4 rings (SSSR count). The van der Waals surface area contributed by atoms with Crippen molar-refractivity contribution in [2.45, 2.75) is 36.9 Å². The van der Waals surface area contributed by atoms with Crippen LogP contribution in [0.1, 0.15) is 36.8 Å². The lowest BCUT2D eigenvalue weighted by Gasteiger charge is -2.45. The van der Waals surface area contributed by atoms with Crippen molar-refractivity contribution in [3.8, 4) is 0 Å². The summed E-state index contributed by atoms with van der Waals surface area (Å²) < 4.78 is 0. The number of hydrogen-bond acceptors (Lipinski definition) is 2. The van der Waals surface area contributed by atoms with Crippen LogP contribution >= 0.6 is 0 Å². The Labute approximate surface area is 131 Å².